The summed E-state index contributed by atoms with van der Waals surface area (Å²) in [7, 11) is 4.24. The van der Waals surface area contributed by atoms with Gasteiger partial charge in [-0.1, -0.05) is 67.6 Å². The lowest BCUT2D eigenvalue weighted by Crippen LogP contribution is -3.06. The molecule has 0 fully saturated rings. The lowest BCUT2D eigenvalue weighted by molar-refractivity contribution is -0.862. The van der Waals surface area contributed by atoms with Gasteiger partial charge in [-0.25, -0.2) is 0 Å². The summed E-state index contributed by atoms with van der Waals surface area (Å²) < 4.78 is 0. The van der Waals surface area contributed by atoms with Gasteiger partial charge >= 0.3 is 0 Å². The molecule has 2 aromatic rings. The van der Waals surface area contributed by atoms with Crippen molar-refractivity contribution in [2.75, 3.05) is 20.6 Å². The van der Waals surface area contributed by atoms with Crippen molar-refractivity contribution in [3.05, 3.63) is 71.8 Å². The molecule has 0 saturated heterocycles. The molecule has 0 spiro atoms. The first-order valence-electron chi connectivity index (χ1n) is 7.17. The highest BCUT2D eigenvalue weighted by Crippen LogP contribution is 2.36. The average molecular weight is 270 g/mol. The molecule has 2 heteroatoms. The van der Waals surface area contributed by atoms with Crippen molar-refractivity contribution in [1.29, 1.82) is 0 Å². The number of nitrogens with one attached hydrogen (secondary N) is 1. The Morgan fingerprint density at radius 2 is 1.30 bits per heavy atom. The second kappa shape index (κ2) is 6.21. The molecule has 0 aromatic heterocycles. The number of quaternary nitrogens is 1. The standard InChI is InChI=1S/C18H23NO/c1-15(14-19(2)3)18(20,16-10-6-4-7-11-16)17-12-8-5-9-13-17/h4-13,15,20H,14H2,1-3H3/p+1/t15-/m0/s1. The molecule has 0 unspecified atom stereocenters. The molecular formula is C18H24NO+. The second-order valence-electron chi connectivity index (χ2n) is 5.81. The van der Waals surface area contributed by atoms with Crippen LogP contribution in [-0.4, -0.2) is 25.7 Å². The van der Waals surface area contributed by atoms with E-state index in [9.17, 15) is 5.11 Å². The summed E-state index contributed by atoms with van der Waals surface area (Å²) >= 11 is 0. The van der Waals surface area contributed by atoms with E-state index in [1.807, 2.05) is 60.7 Å². The van der Waals surface area contributed by atoms with E-state index in [2.05, 4.69) is 21.0 Å². The highest BCUT2D eigenvalue weighted by molar-refractivity contribution is 5.36. The molecule has 0 saturated carbocycles. The molecule has 0 bridgehead atoms. The van der Waals surface area contributed by atoms with Gasteiger partial charge < -0.3 is 10.0 Å². The van der Waals surface area contributed by atoms with Gasteiger partial charge in [0.05, 0.1) is 20.6 Å². The normalized spacial score (nSPS) is 13.4. The van der Waals surface area contributed by atoms with Gasteiger partial charge in [-0.3, -0.25) is 0 Å². The third kappa shape index (κ3) is 2.92. The number of rotatable bonds is 5. The zero-order valence-corrected chi connectivity index (χ0v) is 12.5. The highest BCUT2D eigenvalue weighted by atomic mass is 16.3. The Bertz CT molecular complexity index is 482. The SMILES string of the molecule is C[C@@H](C[NH+](C)C)C(O)(c1ccccc1)c1ccccc1. The first-order chi connectivity index (χ1) is 9.55. The van der Waals surface area contributed by atoms with Gasteiger partial charge in [-0.05, 0) is 11.1 Å². The zero-order chi connectivity index (χ0) is 14.6. The quantitative estimate of drug-likeness (QED) is 0.849. The van der Waals surface area contributed by atoms with E-state index < -0.39 is 5.60 Å². The number of hydrogen-bond donors (Lipinski definition) is 2. The highest BCUT2D eigenvalue weighted by Gasteiger charge is 2.38. The van der Waals surface area contributed by atoms with Gasteiger partial charge in [-0.15, -0.1) is 0 Å². The molecule has 20 heavy (non-hydrogen) atoms. The lowest BCUT2D eigenvalue weighted by atomic mass is 9.76. The molecule has 2 N–H and O–H groups in total. The molecule has 2 nitrogen and oxygen atoms in total. The number of aliphatic hydroxyl groups is 1. The summed E-state index contributed by atoms with van der Waals surface area (Å²) in [5.41, 5.74) is 0.972. The van der Waals surface area contributed by atoms with Gasteiger partial charge in [0.15, 0.2) is 0 Å². The smallest absolute Gasteiger partial charge is 0.122 e. The van der Waals surface area contributed by atoms with E-state index in [-0.39, 0.29) is 5.92 Å². The zero-order valence-electron chi connectivity index (χ0n) is 12.5. The lowest BCUT2D eigenvalue weighted by Gasteiger charge is -2.35. The molecule has 106 valence electrons. The first kappa shape index (κ1) is 14.8. The fraction of sp³-hybridized carbons (Fsp3) is 0.333. The summed E-state index contributed by atoms with van der Waals surface area (Å²) in [4.78, 5) is 1.34. The third-order valence-electron chi connectivity index (χ3n) is 3.86. The van der Waals surface area contributed by atoms with Gasteiger partial charge in [0.2, 0.25) is 0 Å². The molecule has 2 aromatic carbocycles. The van der Waals surface area contributed by atoms with Crippen molar-refractivity contribution in [2.24, 2.45) is 5.92 Å². The van der Waals surface area contributed by atoms with Gasteiger partial charge in [0.1, 0.15) is 5.60 Å². The van der Waals surface area contributed by atoms with Crippen LogP contribution in [0.3, 0.4) is 0 Å². The van der Waals surface area contributed by atoms with Crippen LogP contribution in [0.15, 0.2) is 60.7 Å². The van der Waals surface area contributed by atoms with Crippen LogP contribution < -0.4 is 4.90 Å². The molecule has 0 amide bonds. The molecule has 0 radical (unpaired) electrons. The van der Waals surface area contributed by atoms with Crippen molar-refractivity contribution in [1.82, 2.24) is 0 Å². The van der Waals surface area contributed by atoms with Crippen LogP contribution in [0.4, 0.5) is 0 Å². The maximum Gasteiger partial charge on any atom is 0.122 e. The summed E-state index contributed by atoms with van der Waals surface area (Å²) in [5.74, 6) is 0.122. The molecule has 0 aliphatic rings. The van der Waals surface area contributed by atoms with Crippen LogP contribution in [0, 0.1) is 5.92 Å². The van der Waals surface area contributed by atoms with Gasteiger partial charge in [-0.2, -0.15) is 0 Å². The Kier molecular flexibility index (Phi) is 4.58. The maximum absolute atomic E-state index is 11.5. The number of benzene rings is 2. The predicted octanol–water partition coefficient (Wildman–Crippen LogP) is 1.70. The Balaban J connectivity index is 2.49. The Hall–Kier alpha value is -1.64. The van der Waals surface area contributed by atoms with Crippen molar-refractivity contribution in [3.63, 3.8) is 0 Å². The second-order valence-corrected chi connectivity index (χ2v) is 5.81. The van der Waals surface area contributed by atoms with Crippen molar-refractivity contribution < 1.29 is 10.0 Å². The Labute approximate surface area is 121 Å². The minimum absolute atomic E-state index is 0.122. The van der Waals surface area contributed by atoms with Gasteiger partial charge in [0, 0.05) is 5.92 Å². The third-order valence-corrected chi connectivity index (χ3v) is 3.86. The molecule has 2 rings (SSSR count). The molecule has 0 heterocycles. The van der Waals surface area contributed by atoms with Crippen LogP contribution in [-0.2, 0) is 5.60 Å². The minimum atomic E-state index is -0.945. The van der Waals surface area contributed by atoms with E-state index in [0.29, 0.717) is 0 Å². The van der Waals surface area contributed by atoms with Crippen LogP contribution in [0.25, 0.3) is 0 Å². The van der Waals surface area contributed by atoms with Crippen LogP contribution >= 0.6 is 0 Å². The average Bonchev–Trinajstić information content (AvgIpc) is 2.47. The van der Waals surface area contributed by atoms with Crippen molar-refractivity contribution in [3.8, 4) is 0 Å². The Morgan fingerprint density at radius 3 is 1.65 bits per heavy atom. The summed E-state index contributed by atoms with van der Waals surface area (Å²) in [6.07, 6.45) is 0. The molecule has 1 atom stereocenters. The largest absolute Gasteiger partial charge is 0.380 e. The molecule has 0 aliphatic heterocycles. The van der Waals surface area contributed by atoms with E-state index >= 15 is 0 Å². The van der Waals surface area contributed by atoms with Gasteiger partial charge in [0.25, 0.3) is 0 Å². The fourth-order valence-electron chi connectivity index (χ4n) is 2.88. The minimum Gasteiger partial charge on any atom is -0.380 e. The first-order valence-corrected chi connectivity index (χ1v) is 7.17. The van der Waals surface area contributed by atoms with Crippen molar-refractivity contribution in [2.45, 2.75) is 12.5 Å². The topological polar surface area (TPSA) is 24.7 Å². The maximum atomic E-state index is 11.5. The summed E-state index contributed by atoms with van der Waals surface area (Å²) in [6, 6.07) is 19.9. The number of hydrogen-bond acceptors (Lipinski definition) is 1. The van der Waals surface area contributed by atoms with E-state index in [1.165, 1.54) is 4.90 Å². The predicted molar refractivity (Wildman–Crippen MR) is 82.7 cm³/mol. The monoisotopic (exact) mass is 270 g/mol. The van der Waals surface area contributed by atoms with Crippen LogP contribution in [0.2, 0.25) is 0 Å². The van der Waals surface area contributed by atoms with Crippen molar-refractivity contribution >= 4 is 0 Å². The van der Waals surface area contributed by atoms with E-state index in [1.54, 1.807) is 0 Å². The fourth-order valence-corrected chi connectivity index (χ4v) is 2.88. The van der Waals surface area contributed by atoms with Crippen LogP contribution in [0.5, 0.6) is 0 Å². The summed E-state index contributed by atoms with van der Waals surface area (Å²) in [6.45, 7) is 3.02. The van der Waals surface area contributed by atoms with Crippen LogP contribution in [0.1, 0.15) is 18.1 Å². The van der Waals surface area contributed by atoms with E-state index in [0.717, 1.165) is 17.7 Å². The Morgan fingerprint density at radius 1 is 0.900 bits per heavy atom. The van der Waals surface area contributed by atoms with E-state index in [4.69, 9.17) is 0 Å². The summed E-state index contributed by atoms with van der Waals surface area (Å²) in [5, 5.41) is 11.5. The molecule has 0 aliphatic carbocycles. The molecular weight excluding hydrogens is 246 g/mol.